The number of nitrogens with one attached hydrogen (secondary N) is 1. The number of hydrogen-bond donors (Lipinski definition) is 1. The summed E-state index contributed by atoms with van der Waals surface area (Å²) < 4.78 is 0. The van der Waals surface area contributed by atoms with Gasteiger partial charge in [-0.25, -0.2) is 0 Å². The molecule has 0 radical (unpaired) electrons. The first-order valence-corrected chi connectivity index (χ1v) is 7.55. The van der Waals surface area contributed by atoms with Gasteiger partial charge in [0.2, 0.25) is 0 Å². The van der Waals surface area contributed by atoms with E-state index < -0.39 is 0 Å². The van der Waals surface area contributed by atoms with Gasteiger partial charge in [-0.05, 0) is 22.8 Å². The summed E-state index contributed by atoms with van der Waals surface area (Å²) in [4.78, 5) is 0.822. The third-order valence-corrected chi connectivity index (χ3v) is 3.94. The molecule has 0 aliphatic carbocycles. The summed E-state index contributed by atoms with van der Waals surface area (Å²) in [7, 11) is 0. The fraction of sp³-hybridized carbons (Fsp3) is 0.105. The van der Waals surface area contributed by atoms with E-state index >= 15 is 0 Å². The van der Waals surface area contributed by atoms with E-state index in [-0.39, 0.29) is 0 Å². The Labute approximate surface area is 130 Å². The normalized spacial score (nSPS) is 10.5. The van der Waals surface area contributed by atoms with Crippen molar-refractivity contribution in [2.75, 3.05) is 6.54 Å². The van der Waals surface area contributed by atoms with Gasteiger partial charge < -0.3 is 5.32 Å². The van der Waals surface area contributed by atoms with Crippen molar-refractivity contribution in [2.24, 2.45) is 0 Å². The van der Waals surface area contributed by atoms with Gasteiger partial charge in [-0.2, -0.15) is 0 Å². The SMILES string of the molecule is S=C(NCCc1ccccc1)c1cccc2ccccc12. The number of benzene rings is 3. The smallest absolute Gasteiger partial charge is 0.107 e. The summed E-state index contributed by atoms with van der Waals surface area (Å²) in [6.45, 7) is 0.853. The summed E-state index contributed by atoms with van der Waals surface area (Å²) in [5.41, 5.74) is 2.43. The summed E-state index contributed by atoms with van der Waals surface area (Å²) in [5.74, 6) is 0. The van der Waals surface area contributed by atoms with Crippen LogP contribution in [0.25, 0.3) is 10.8 Å². The Morgan fingerprint density at radius 2 is 1.52 bits per heavy atom. The molecule has 3 rings (SSSR count). The Morgan fingerprint density at radius 3 is 2.38 bits per heavy atom. The molecule has 0 aliphatic heterocycles. The second-order valence-electron chi connectivity index (χ2n) is 5.02. The van der Waals surface area contributed by atoms with Crippen LogP contribution < -0.4 is 5.32 Å². The van der Waals surface area contributed by atoms with Gasteiger partial charge in [-0.3, -0.25) is 0 Å². The zero-order valence-corrected chi connectivity index (χ0v) is 12.6. The van der Waals surface area contributed by atoms with E-state index in [1.807, 2.05) is 6.07 Å². The number of hydrogen-bond acceptors (Lipinski definition) is 1. The van der Waals surface area contributed by atoms with Crippen LogP contribution in [0.2, 0.25) is 0 Å². The Hall–Kier alpha value is -2.19. The maximum atomic E-state index is 5.55. The van der Waals surface area contributed by atoms with E-state index in [0.29, 0.717) is 0 Å². The van der Waals surface area contributed by atoms with Crippen molar-refractivity contribution < 1.29 is 0 Å². The van der Waals surface area contributed by atoms with Crippen molar-refractivity contribution in [3.8, 4) is 0 Å². The standard InChI is InChI=1S/C19H17NS/c21-19(20-14-13-15-7-2-1-3-8-15)18-12-6-10-16-9-4-5-11-17(16)18/h1-12H,13-14H2,(H,20,21). The second-order valence-corrected chi connectivity index (χ2v) is 5.43. The minimum Gasteiger partial charge on any atom is -0.375 e. The minimum absolute atomic E-state index is 0.822. The van der Waals surface area contributed by atoms with E-state index in [0.717, 1.165) is 23.5 Å². The molecule has 0 bridgehead atoms. The van der Waals surface area contributed by atoms with E-state index in [1.165, 1.54) is 16.3 Å². The number of thiocarbonyl (C=S) groups is 1. The largest absolute Gasteiger partial charge is 0.375 e. The van der Waals surface area contributed by atoms with Gasteiger partial charge in [0.1, 0.15) is 4.99 Å². The zero-order chi connectivity index (χ0) is 14.5. The van der Waals surface area contributed by atoms with Crippen molar-refractivity contribution in [3.05, 3.63) is 83.9 Å². The first-order valence-electron chi connectivity index (χ1n) is 7.14. The predicted octanol–water partition coefficient (Wildman–Crippen LogP) is 4.35. The quantitative estimate of drug-likeness (QED) is 0.717. The molecule has 0 atom stereocenters. The molecule has 0 spiro atoms. The Bertz CT molecular complexity index is 744. The van der Waals surface area contributed by atoms with Crippen molar-refractivity contribution in [1.82, 2.24) is 5.32 Å². The maximum absolute atomic E-state index is 5.55. The first kappa shape index (κ1) is 13.8. The fourth-order valence-electron chi connectivity index (χ4n) is 2.48. The topological polar surface area (TPSA) is 12.0 Å². The third-order valence-electron chi connectivity index (χ3n) is 3.58. The summed E-state index contributed by atoms with van der Waals surface area (Å²) in [6, 6.07) is 25.1. The van der Waals surface area contributed by atoms with Gasteiger partial charge in [-0.1, -0.05) is 85.0 Å². The van der Waals surface area contributed by atoms with Gasteiger partial charge in [0.25, 0.3) is 0 Å². The molecule has 0 saturated carbocycles. The average Bonchev–Trinajstić information content (AvgIpc) is 2.55. The second kappa shape index (κ2) is 6.51. The highest BCUT2D eigenvalue weighted by molar-refractivity contribution is 7.80. The van der Waals surface area contributed by atoms with Gasteiger partial charge in [0, 0.05) is 12.1 Å². The van der Waals surface area contributed by atoms with Gasteiger partial charge in [0.05, 0.1) is 0 Å². The highest BCUT2D eigenvalue weighted by atomic mass is 32.1. The molecule has 0 aliphatic rings. The molecule has 1 N–H and O–H groups in total. The maximum Gasteiger partial charge on any atom is 0.107 e. The molecule has 3 aromatic rings. The average molecular weight is 291 g/mol. The van der Waals surface area contributed by atoms with Crippen LogP contribution in [-0.2, 0) is 6.42 Å². The molecule has 0 aromatic heterocycles. The Balaban J connectivity index is 1.70. The van der Waals surface area contributed by atoms with Crippen LogP contribution in [0.15, 0.2) is 72.8 Å². The first-order chi connectivity index (χ1) is 10.3. The molecule has 1 nitrogen and oxygen atoms in total. The number of rotatable bonds is 4. The molecular formula is C19H17NS. The molecule has 0 unspecified atom stereocenters. The van der Waals surface area contributed by atoms with E-state index in [2.05, 4.69) is 72.0 Å². The van der Waals surface area contributed by atoms with Crippen LogP contribution in [0, 0.1) is 0 Å². The highest BCUT2D eigenvalue weighted by Gasteiger charge is 2.05. The van der Waals surface area contributed by atoms with Crippen LogP contribution in [-0.4, -0.2) is 11.5 Å². The molecule has 21 heavy (non-hydrogen) atoms. The summed E-state index contributed by atoms with van der Waals surface area (Å²) in [5, 5.41) is 5.80. The van der Waals surface area contributed by atoms with Crippen LogP contribution in [0.4, 0.5) is 0 Å². The molecule has 0 saturated heterocycles. The van der Waals surface area contributed by atoms with Gasteiger partial charge >= 0.3 is 0 Å². The lowest BCUT2D eigenvalue weighted by Crippen LogP contribution is -2.24. The molecule has 104 valence electrons. The van der Waals surface area contributed by atoms with E-state index in [9.17, 15) is 0 Å². The molecular weight excluding hydrogens is 274 g/mol. The lowest BCUT2D eigenvalue weighted by molar-refractivity contribution is 0.876. The molecule has 0 heterocycles. The summed E-state index contributed by atoms with van der Waals surface area (Å²) in [6.07, 6.45) is 0.978. The Kier molecular flexibility index (Phi) is 4.27. The van der Waals surface area contributed by atoms with E-state index in [4.69, 9.17) is 12.2 Å². The molecule has 0 amide bonds. The van der Waals surface area contributed by atoms with Crippen LogP contribution in [0.5, 0.6) is 0 Å². The summed E-state index contributed by atoms with van der Waals surface area (Å²) >= 11 is 5.55. The van der Waals surface area contributed by atoms with Crippen molar-refractivity contribution >= 4 is 28.0 Å². The lowest BCUT2D eigenvalue weighted by Gasteiger charge is -2.10. The van der Waals surface area contributed by atoms with Gasteiger partial charge in [0.15, 0.2) is 0 Å². The minimum atomic E-state index is 0.822. The lowest BCUT2D eigenvalue weighted by atomic mass is 10.0. The van der Waals surface area contributed by atoms with Crippen LogP contribution in [0.1, 0.15) is 11.1 Å². The van der Waals surface area contributed by atoms with Crippen molar-refractivity contribution in [2.45, 2.75) is 6.42 Å². The van der Waals surface area contributed by atoms with Crippen molar-refractivity contribution in [3.63, 3.8) is 0 Å². The fourth-order valence-corrected chi connectivity index (χ4v) is 2.76. The van der Waals surface area contributed by atoms with Crippen LogP contribution >= 0.6 is 12.2 Å². The van der Waals surface area contributed by atoms with E-state index in [1.54, 1.807) is 0 Å². The van der Waals surface area contributed by atoms with Crippen molar-refractivity contribution in [1.29, 1.82) is 0 Å². The monoisotopic (exact) mass is 291 g/mol. The predicted molar refractivity (Wildman–Crippen MR) is 93.8 cm³/mol. The van der Waals surface area contributed by atoms with Gasteiger partial charge in [-0.15, -0.1) is 0 Å². The van der Waals surface area contributed by atoms with Crippen LogP contribution in [0.3, 0.4) is 0 Å². The molecule has 2 heteroatoms. The molecule has 0 fully saturated rings. The highest BCUT2D eigenvalue weighted by Crippen LogP contribution is 2.18. The number of fused-ring (bicyclic) bond motifs is 1. The zero-order valence-electron chi connectivity index (χ0n) is 11.8. The third kappa shape index (κ3) is 3.29. The Morgan fingerprint density at radius 1 is 0.810 bits per heavy atom. The molecule has 3 aromatic carbocycles.